The third-order valence-electron chi connectivity index (χ3n) is 1.97. The summed E-state index contributed by atoms with van der Waals surface area (Å²) in [5.41, 5.74) is 0.0868. The highest BCUT2D eigenvalue weighted by Gasteiger charge is 2.15. The number of carbonyl (C=O) groups is 1. The molecule has 2 rings (SSSR count). The molecule has 0 unspecified atom stereocenters. The van der Waals surface area contributed by atoms with Crippen LogP contribution in [0.2, 0.25) is 0 Å². The van der Waals surface area contributed by atoms with Crippen molar-refractivity contribution in [2.24, 2.45) is 0 Å². The van der Waals surface area contributed by atoms with Gasteiger partial charge in [0.2, 0.25) is 5.78 Å². The highest BCUT2D eigenvalue weighted by molar-refractivity contribution is 9.11. The number of benzene rings is 1. The van der Waals surface area contributed by atoms with Crippen LogP contribution in [0.4, 0.5) is 4.39 Å². The van der Waals surface area contributed by atoms with Gasteiger partial charge in [-0.25, -0.2) is 4.39 Å². The summed E-state index contributed by atoms with van der Waals surface area (Å²) in [5, 5.41) is 0. The number of hydrogen-bond acceptors (Lipinski definition) is 2. The summed E-state index contributed by atoms with van der Waals surface area (Å²) in [6, 6.07) is 7.78. The molecule has 0 bridgehead atoms. The van der Waals surface area contributed by atoms with E-state index in [9.17, 15) is 9.18 Å². The number of carbonyl (C=O) groups excluding carboxylic acids is 1. The maximum absolute atomic E-state index is 13.5. The van der Waals surface area contributed by atoms with E-state index >= 15 is 0 Å². The molecule has 0 fully saturated rings. The Kier molecular flexibility index (Phi) is 3.56. The third kappa shape index (κ3) is 2.42. The second kappa shape index (κ2) is 4.77. The molecule has 1 aromatic carbocycles. The van der Waals surface area contributed by atoms with Gasteiger partial charge in [0, 0.05) is 4.47 Å². The average Bonchev–Trinajstić information content (AvgIpc) is 2.67. The lowest BCUT2D eigenvalue weighted by molar-refractivity contribution is 0.103. The van der Waals surface area contributed by atoms with Gasteiger partial charge in [-0.1, -0.05) is 15.9 Å². The Labute approximate surface area is 113 Å². The van der Waals surface area contributed by atoms with Crippen molar-refractivity contribution in [1.29, 1.82) is 0 Å². The van der Waals surface area contributed by atoms with Gasteiger partial charge in [-0.05, 0) is 46.3 Å². The van der Waals surface area contributed by atoms with Crippen molar-refractivity contribution in [3.63, 3.8) is 0 Å². The van der Waals surface area contributed by atoms with Gasteiger partial charge in [-0.2, -0.15) is 0 Å². The van der Waals surface area contributed by atoms with Crippen molar-refractivity contribution in [2.45, 2.75) is 0 Å². The predicted molar refractivity (Wildman–Crippen MR) is 69.6 cm³/mol. The number of thiophene rings is 1. The van der Waals surface area contributed by atoms with E-state index < -0.39 is 5.82 Å². The summed E-state index contributed by atoms with van der Waals surface area (Å²) in [6.45, 7) is 0. The molecule has 5 heteroatoms. The van der Waals surface area contributed by atoms with Gasteiger partial charge < -0.3 is 0 Å². The minimum absolute atomic E-state index is 0.0868. The number of rotatable bonds is 2. The van der Waals surface area contributed by atoms with E-state index in [1.165, 1.54) is 23.5 Å². The Balaban J connectivity index is 2.45. The van der Waals surface area contributed by atoms with Gasteiger partial charge in [-0.3, -0.25) is 4.79 Å². The lowest BCUT2D eigenvalue weighted by Crippen LogP contribution is -2.01. The molecule has 0 N–H and O–H groups in total. The minimum Gasteiger partial charge on any atom is -0.288 e. The van der Waals surface area contributed by atoms with Gasteiger partial charge in [0.15, 0.2) is 0 Å². The Morgan fingerprint density at radius 3 is 2.56 bits per heavy atom. The van der Waals surface area contributed by atoms with Gasteiger partial charge in [0.25, 0.3) is 0 Å². The summed E-state index contributed by atoms with van der Waals surface area (Å²) in [4.78, 5) is 12.5. The average molecular weight is 364 g/mol. The molecule has 0 aliphatic rings. The van der Waals surface area contributed by atoms with E-state index in [4.69, 9.17) is 0 Å². The molecule has 2 aromatic rings. The third-order valence-corrected chi connectivity index (χ3v) is 4.09. The summed E-state index contributed by atoms with van der Waals surface area (Å²) < 4.78 is 15.0. The molecule has 16 heavy (non-hydrogen) atoms. The van der Waals surface area contributed by atoms with E-state index in [1.54, 1.807) is 18.2 Å². The molecular formula is C11H5Br2FOS. The SMILES string of the molecule is O=C(c1ccc(Br)s1)c1cc(Br)ccc1F. The van der Waals surface area contributed by atoms with Crippen molar-refractivity contribution >= 4 is 49.0 Å². The normalized spacial score (nSPS) is 10.4. The van der Waals surface area contributed by atoms with Crippen LogP contribution >= 0.6 is 43.2 Å². The van der Waals surface area contributed by atoms with Crippen molar-refractivity contribution in [3.8, 4) is 0 Å². The summed E-state index contributed by atoms with van der Waals surface area (Å²) in [7, 11) is 0. The van der Waals surface area contributed by atoms with Crippen LogP contribution < -0.4 is 0 Å². The number of halogens is 3. The Morgan fingerprint density at radius 1 is 1.19 bits per heavy atom. The highest BCUT2D eigenvalue weighted by Crippen LogP contribution is 2.26. The molecule has 0 saturated heterocycles. The summed E-state index contributed by atoms with van der Waals surface area (Å²) in [6.07, 6.45) is 0. The molecule has 0 amide bonds. The highest BCUT2D eigenvalue weighted by atomic mass is 79.9. The zero-order chi connectivity index (χ0) is 11.7. The van der Waals surface area contributed by atoms with Crippen LogP contribution in [-0.2, 0) is 0 Å². The molecule has 0 spiro atoms. The molecule has 0 radical (unpaired) electrons. The first-order valence-corrected chi connectivity index (χ1v) is 6.73. The van der Waals surface area contributed by atoms with E-state index in [2.05, 4.69) is 31.9 Å². The van der Waals surface area contributed by atoms with Crippen LogP contribution in [0, 0.1) is 5.82 Å². The first-order valence-electron chi connectivity index (χ1n) is 4.33. The summed E-state index contributed by atoms with van der Waals surface area (Å²) >= 11 is 7.78. The monoisotopic (exact) mass is 362 g/mol. The quantitative estimate of drug-likeness (QED) is 0.710. The molecule has 1 nitrogen and oxygen atoms in total. The van der Waals surface area contributed by atoms with Crippen molar-refractivity contribution < 1.29 is 9.18 Å². The predicted octanol–water partition coefficient (Wildman–Crippen LogP) is 4.64. The smallest absolute Gasteiger partial charge is 0.205 e. The van der Waals surface area contributed by atoms with Crippen molar-refractivity contribution in [3.05, 3.63) is 54.8 Å². The summed E-state index contributed by atoms with van der Waals surface area (Å²) in [5.74, 6) is -0.799. The fraction of sp³-hybridized carbons (Fsp3) is 0. The van der Waals surface area contributed by atoms with Crippen LogP contribution in [-0.4, -0.2) is 5.78 Å². The molecule has 1 heterocycles. The molecule has 0 saturated carbocycles. The second-order valence-electron chi connectivity index (χ2n) is 3.06. The maximum Gasteiger partial charge on any atom is 0.205 e. The maximum atomic E-state index is 13.5. The zero-order valence-electron chi connectivity index (χ0n) is 7.84. The fourth-order valence-corrected chi connectivity index (χ4v) is 2.94. The first kappa shape index (κ1) is 12.0. The van der Waals surface area contributed by atoms with E-state index in [1.807, 2.05) is 0 Å². The topological polar surface area (TPSA) is 17.1 Å². The molecule has 1 aromatic heterocycles. The van der Waals surface area contributed by atoms with E-state index in [0.717, 1.165) is 3.79 Å². The Bertz CT molecular complexity index is 551. The first-order chi connectivity index (χ1) is 7.58. The Morgan fingerprint density at radius 2 is 1.94 bits per heavy atom. The van der Waals surface area contributed by atoms with E-state index in [-0.39, 0.29) is 11.3 Å². The second-order valence-corrected chi connectivity index (χ2v) is 6.44. The van der Waals surface area contributed by atoms with Crippen molar-refractivity contribution in [2.75, 3.05) is 0 Å². The zero-order valence-corrected chi connectivity index (χ0v) is 11.8. The van der Waals surface area contributed by atoms with Crippen LogP contribution in [0.25, 0.3) is 0 Å². The van der Waals surface area contributed by atoms with Crippen LogP contribution in [0.5, 0.6) is 0 Å². The van der Waals surface area contributed by atoms with E-state index in [0.29, 0.717) is 9.35 Å². The van der Waals surface area contributed by atoms with Crippen LogP contribution in [0.3, 0.4) is 0 Å². The lowest BCUT2D eigenvalue weighted by atomic mass is 10.1. The van der Waals surface area contributed by atoms with Gasteiger partial charge >= 0.3 is 0 Å². The van der Waals surface area contributed by atoms with Crippen LogP contribution in [0.1, 0.15) is 15.2 Å². The van der Waals surface area contributed by atoms with Crippen molar-refractivity contribution in [1.82, 2.24) is 0 Å². The fourth-order valence-electron chi connectivity index (χ4n) is 1.24. The number of hydrogen-bond donors (Lipinski definition) is 0. The molecule has 82 valence electrons. The Hall–Kier alpha value is -0.520. The van der Waals surface area contributed by atoms with Crippen LogP contribution in [0.15, 0.2) is 38.6 Å². The van der Waals surface area contributed by atoms with Gasteiger partial charge in [0.1, 0.15) is 5.82 Å². The molecule has 0 aliphatic heterocycles. The van der Waals surface area contributed by atoms with Gasteiger partial charge in [0.05, 0.1) is 14.2 Å². The molecular weight excluding hydrogens is 359 g/mol. The molecule has 0 atom stereocenters. The standard InChI is InChI=1S/C11H5Br2FOS/c12-6-1-2-8(14)7(5-6)11(15)9-3-4-10(13)16-9/h1-5H. The van der Waals surface area contributed by atoms with Gasteiger partial charge in [-0.15, -0.1) is 11.3 Å². The molecule has 0 aliphatic carbocycles. The lowest BCUT2D eigenvalue weighted by Gasteiger charge is -2.00. The number of ketones is 1. The largest absolute Gasteiger partial charge is 0.288 e. The minimum atomic E-state index is -0.502.